The molecule has 0 amide bonds. The van der Waals surface area contributed by atoms with Crippen LogP contribution in [0.3, 0.4) is 0 Å². The molecule has 1 N–H and O–H groups in total. The Kier molecular flexibility index (Phi) is 2.56. The number of esters is 1. The van der Waals surface area contributed by atoms with Crippen LogP contribution in [-0.4, -0.2) is 35.5 Å². The Hall–Kier alpha value is -0.870. The molecule has 78 valence electrons. The number of fused-ring (bicyclic) bond motifs is 1. The normalized spacial score (nSPS) is 44.9. The van der Waals surface area contributed by atoms with E-state index < -0.39 is 6.10 Å². The average Bonchev–Trinajstić information content (AvgIpc) is 2.89. The molecule has 0 aromatic heterocycles. The molecule has 2 rings (SSSR count). The van der Waals surface area contributed by atoms with Crippen molar-refractivity contribution < 1.29 is 19.4 Å². The fourth-order valence-electron chi connectivity index (χ4n) is 1.64. The third-order valence-corrected chi connectivity index (χ3v) is 2.55. The van der Waals surface area contributed by atoms with Crippen molar-refractivity contribution in [2.45, 2.75) is 44.2 Å². The van der Waals surface area contributed by atoms with Crippen LogP contribution in [0.4, 0.5) is 0 Å². The molecule has 4 atom stereocenters. The van der Waals surface area contributed by atoms with Crippen molar-refractivity contribution in [3.8, 4) is 0 Å². The number of carbonyl (C=O) groups is 1. The van der Waals surface area contributed by atoms with Gasteiger partial charge in [0.05, 0.1) is 12.2 Å². The Morgan fingerprint density at radius 2 is 2.29 bits per heavy atom. The molecule has 14 heavy (non-hydrogen) atoms. The zero-order valence-electron chi connectivity index (χ0n) is 8.05. The highest BCUT2D eigenvalue weighted by molar-refractivity contribution is 5.82. The van der Waals surface area contributed by atoms with E-state index in [1.165, 1.54) is 6.08 Å². The van der Waals surface area contributed by atoms with Gasteiger partial charge in [0.25, 0.3) is 0 Å². The van der Waals surface area contributed by atoms with Gasteiger partial charge in [0, 0.05) is 6.08 Å². The minimum Gasteiger partial charge on any atom is -0.460 e. The van der Waals surface area contributed by atoms with Crippen molar-refractivity contribution in [2.24, 2.45) is 0 Å². The van der Waals surface area contributed by atoms with E-state index in [-0.39, 0.29) is 24.3 Å². The zero-order valence-corrected chi connectivity index (χ0v) is 8.05. The smallest absolute Gasteiger partial charge is 0.330 e. The van der Waals surface area contributed by atoms with Crippen LogP contribution < -0.4 is 0 Å². The van der Waals surface area contributed by atoms with Gasteiger partial charge in [-0.25, -0.2) is 4.79 Å². The van der Waals surface area contributed by atoms with Gasteiger partial charge in [-0.05, 0) is 25.8 Å². The first-order valence-corrected chi connectivity index (χ1v) is 4.89. The molecule has 1 saturated heterocycles. The summed E-state index contributed by atoms with van der Waals surface area (Å²) in [4.78, 5) is 11.1. The number of epoxide rings is 1. The topological polar surface area (TPSA) is 59.1 Å². The first-order chi connectivity index (χ1) is 6.66. The SMILES string of the molecule is C[C@@H]1CCC(O)[C@@H]2O[C@H]2/C=C\C(=O)O1. The summed E-state index contributed by atoms with van der Waals surface area (Å²) >= 11 is 0. The quantitative estimate of drug-likeness (QED) is 0.452. The molecule has 0 aromatic carbocycles. The Morgan fingerprint density at radius 1 is 1.50 bits per heavy atom. The zero-order chi connectivity index (χ0) is 10.1. The molecule has 0 spiro atoms. The summed E-state index contributed by atoms with van der Waals surface area (Å²) in [6, 6.07) is 0. The summed E-state index contributed by atoms with van der Waals surface area (Å²) in [6.45, 7) is 1.82. The van der Waals surface area contributed by atoms with Crippen molar-refractivity contribution in [1.82, 2.24) is 0 Å². The maximum atomic E-state index is 11.1. The molecule has 2 aliphatic heterocycles. The van der Waals surface area contributed by atoms with Gasteiger partial charge in [-0.15, -0.1) is 0 Å². The molecule has 2 heterocycles. The van der Waals surface area contributed by atoms with Crippen LogP contribution in [0.1, 0.15) is 19.8 Å². The van der Waals surface area contributed by atoms with Crippen molar-refractivity contribution in [1.29, 1.82) is 0 Å². The van der Waals surface area contributed by atoms with E-state index in [0.29, 0.717) is 12.8 Å². The standard InChI is InChI=1S/C10H14O4/c1-6-2-3-7(11)10-8(14-10)4-5-9(12)13-6/h4-8,10-11H,2-3H2,1H3/b5-4-/t6-,7?,8+,10+/m1/s1. The third-order valence-electron chi connectivity index (χ3n) is 2.55. The van der Waals surface area contributed by atoms with E-state index in [1.807, 2.05) is 6.92 Å². The van der Waals surface area contributed by atoms with Gasteiger partial charge in [0.15, 0.2) is 0 Å². The molecule has 0 bridgehead atoms. The molecule has 4 nitrogen and oxygen atoms in total. The average molecular weight is 198 g/mol. The second-order valence-electron chi connectivity index (χ2n) is 3.82. The molecule has 1 unspecified atom stereocenters. The summed E-state index contributed by atoms with van der Waals surface area (Å²) in [5.41, 5.74) is 0. The Balaban J connectivity index is 2.02. The molecular formula is C10H14O4. The molecular weight excluding hydrogens is 184 g/mol. The van der Waals surface area contributed by atoms with Gasteiger partial charge in [0.2, 0.25) is 0 Å². The van der Waals surface area contributed by atoms with Crippen molar-refractivity contribution in [3.05, 3.63) is 12.2 Å². The number of hydrogen-bond donors (Lipinski definition) is 1. The van der Waals surface area contributed by atoms with E-state index in [4.69, 9.17) is 9.47 Å². The number of aliphatic hydroxyl groups is 1. The van der Waals surface area contributed by atoms with Crippen LogP contribution in [0.25, 0.3) is 0 Å². The second-order valence-corrected chi connectivity index (χ2v) is 3.82. The predicted octanol–water partition coefficient (Wildman–Crippen LogP) is 0.396. The monoisotopic (exact) mass is 198 g/mol. The Bertz CT molecular complexity index is 261. The van der Waals surface area contributed by atoms with Crippen molar-refractivity contribution in [2.75, 3.05) is 0 Å². The van der Waals surface area contributed by atoms with E-state index in [9.17, 15) is 9.90 Å². The molecule has 1 fully saturated rings. The van der Waals surface area contributed by atoms with Gasteiger partial charge in [0.1, 0.15) is 12.2 Å². The van der Waals surface area contributed by atoms with Crippen LogP contribution in [-0.2, 0) is 14.3 Å². The van der Waals surface area contributed by atoms with E-state index in [2.05, 4.69) is 0 Å². The maximum Gasteiger partial charge on any atom is 0.330 e. The van der Waals surface area contributed by atoms with Crippen LogP contribution >= 0.6 is 0 Å². The van der Waals surface area contributed by atoms with Crippen molar-refractivity contribution >= 4 is 5.97 Å². The van der Waals surface area contributed by atoms with Gasteiger partial charge in [-0.1, -0.05) is 0 Å². The highest BCUT2D eigenvalue weighted by Gasteiger charge is 2.42. The summed E-state index contributed by atoms with van der Waals surface area (Å²) < 4.78 is 10.2. The first-order valence-electron chi connectivity index (χ1n) is 4.89. The summed E-state index contributed by atoms with van der Waals surface area (Å²) in [5, 5.41) is 9.63. The third kappa shape index (κ3) is 2.13. The van der Waals surface area contributed by atoms with Crippen LogP contribution in [0.2, 0.25) is 0 Å². The lowest BCUT2D eigenvalue weighted by atomic mass is 10.1. The minimum absolute atomic E-state index is 0.106. The number of ether oxygens (including phenoxy) is 2. The van der Waals surface area contributed by atoms with Gasteiger partial charge in [-0.2, -0.15) is 0 Å². The van der Waals surface area contributed by atoms with Crippen LogP contribution in [0.5, 0.6) is 0 Å². The van der Waals surface area contributed by atoms with E-state index in [1.54, 1.807) is 6.08 Å². The Labute approximate surface area is 82.5 Å². The minimum atomic E-state index is -0.441. The molecule has 0 aliphatic carbocycles. The van der Waals surface area contributed by atoms with Crippen LogP contribution in [0.15, 0.2) is 12.2 Å². The molecule has 0 radical (unpaired) electrons. The van der Waals surface area contributed by atoms with E-state index >= 15 is 0 Å². The molecule has 0 aromatic rings. The van der Waals surface area contributed by atoms with Gasteiger partial charge in [-0.3, -0.25) is 0 Å². The highest BCUT2D eigenvalue weighted by atomic mass is 16.6. The fourth-order valence-corrected chi connectivity index (χ4v) is 1.64. The Morgan fingerprint density at radius 3 is 3.07 bits per heavy atom. The van der Waals surface area contributed by atoms with Gasteiger partial charge < -0.3 is 14.6 Å². The lowest BCUT2D eigenvalue weighted by molar-refractivity contribution is -0.142. The highest BCUT2D eigenvalue weighted by Crippen LogP contribution is 2.29. The predicted molar refractivity (Wildman–Crippen MR) is 48.6 cm³/mol. The lowest BCUT2D eigenvalue weighted by Crippen LogP contribution is -2.22. The summed E-state index contributed by atoms with van der Waals surface area (Å²) in [5.74, 6) is -0.330. The number of aliphatic hydroxyl groups excluding tert-OH is 1. The number of hydrogen-bond acceptors (Lipinski definition) is 4. The number of cyclic esters (lactones) is 1. The first kappa shape index (κ1) is 9.68. The maximum absolute atomic E-state index is 11.1. The number of rotatable bonds is 0. The lowest BCUT2D eigenvalue weighted by Gasteiger charge is -2.14. The van der Waals surface area contributed by atoms with Crippen LogP contribution in [0, 0.1) is 0 Å². The largest absolute Gasteiger partial charge is 0.460 e. The van der Waals surface area contributed by atoms with E-state index in [0.717, 1.165) is 0 Å². The van der Waals surface area contributed by atoms with Gasteiger partial charge >= 0.3 is 5.97 Å². The summed E-state index contributed by atoms with van der Waals surface area (Å²) in [6.07, 6.45) is 3.50. The molecule has 2 aliphatic rings. The fraction of sp³-hybridized carbons (Fsp3) is 0.700. The van der Waals surface area contributed by atoms with Crippen molar-refractivity contribution in [3.63, 3.8) is 0 Å². The summed E-state index contributed by atoms with van der Waals surface area (Å²) in [7, 11) is 0. The second kappa shape index (κ2) is 3.71. The molecule has 0 saturated carbocycles. The number of carbonyl (C=O) groups excluding carboxylic acids is 1. The molecule has 4 heteroatoms.